The van der Waals surface area contributed by atoms with Crippen LogP contribution in [0.3, 0.4) is 0 Å². The average Bonchev–Trinajstić information content (AvgIpc) is 2.05. The predicted molar refractivity (Wildman–Crippen MR) is 47.8 cm³/mol. The molecule has 0 N–H and O–H groups in total. The second kappa shape index (κ2) is 4.10. The molecule has 0 aliphatic rings. The zero-order valence-electron chi connectivity index (χ0n) is 7.56. The molecule has 0 unspecified atom stereocenters. The van der Waals surface area contributed by atoms with Crippen LogP contribution in [-0.2, 0) is 11.0 Å². The summed E-state index contributed by atoms with van der Waals surface area (Å²) in [7, 11) is 0. The third-order valence-corrected chi connectivity index (χ3v) is 1.83. The van der Waals surface area contributed by atoms with Gasteiger partial charge in [0.2, 0.25) is 0 Å². The van der Waals surface area contributed by atoms with Crippen molar-refractivity contribution in [3.63, 3.8) is 0 Å². The average molecular weight is 239 g/mol. The van der Waals surface area contributed by atoms with Crippen molar-refractivity contribution in [2.24, 2.45) is 0 Å². The van der Waals surface area contributed by atoms with E-state index < -0.39 is 22.7 Å². The van der Waals surface area contributed by atoms with Gasteiger partial charge in [-0.3, -0.25) is 4.79 Å². The number of carbonyl (C=O) groups is 1. The number of carbonyl (C=O) groups excluding carboxylic acids is 1. The standard InChI is InChI=1S/C9H6ClF3O2/c1-5(14)15-6-2-3-8(10)7(4-6)9(11,12)13/h2-4H,1H3. The maximum Gasteiger partial charge on any atom is 0.417 e. The first kappa shape index (κ1) is 11.8. The third kappa shape index (κ3) is 3.13. The Kier molecular flexibility index (Phi) is 3.24. The molecule has 0 heterocycles. The summed E-state index contributed by atoms with van der Waals surface area (Å²) in [5.41, 5.74) is -1.03. The summed E-state index contributed by atoms with van der Waals surface area (Å²) in [6.45, 7) is 1.10. The van der Waals surface area contributed by atoms with E-state index in [9.17, 15) is 18.0 Å². The molecule has 0 aliphatic carbocycles. The topological polar surface area (TPSA) is 26.3 Å². The number of halogens is 4. The molecule has 0 aliphatic heterocycles. The molecule has 0 bridgehead atoms. The summed E-state index contributed by atoms with van der Waals surface area (Å²) in [6, 6.07) is 2.91. The molecule has 0 atom stereocenters. The normalized spacial score (nSPS) is 11.3. The van der Waals surface area contributed by atoms with Gasteiger partial charge in [0.1, 0.15) is 5.75 Å². The Hall–Kier alpha value is -1.23. The molecule has 6 heteroatoms. The molecule has 15 heavy (non-hydrogen) atoms. The van der Waals surface area contributed by atoms with Crippen LogP contribution in [0.1, 0.15) is 12.5 Å². The van der Waals surface area contributed by atoms with Crippen molar-refractivity contribution in [3.8, 4) is 5.75 Å². The van der Waals surface area contributed by atoms with E-state index in [1.807, 2.05) is 0 Å². The largest absolute Gasteiger partial charge is 0.427 e. The van der Waals surface area contributed by atoms with E-state index in [0.29, 0.717) is 6.07 Å². The Morgan fingerprint density at radius 1 is 1.40 bits per heavy atom. The van der Waals surface area contributed by atoms with Gasteiger partial charge in [0, 0.05) is 6.92 Å². The van der Waals surface area contributed by atoms with E-state index >= 15 is 0 Å². The Labute approximate surface area is 88.6 Å². The second-order valence-electron chi connectivity index (χ2n) is 2.73. The Bertz CT molecular complexity index is 387. The third-order valence-electron chi connectivity index (χ3n) is 1.50. The van der Waals surface area contributed by atoms with Gasteiger partial charge in [-0.2, -0.15) is 13.2 Å². The maximum atomic E-state index is 12.3. The van der Waals surface area contributed by atoms with Gasteiger partial charge in [-0.1, -0.05) is 11.6 Å². The van der Waals surface area contributed by atoms with Gasteiger partial charge < -0.3 is 4.74 Å². The van der Waals surface area contributed by atoms with Crippen LogP contribution >= 0.6 is 11.6 Å². The molecular weight excluding hydrogens is 233 g/mol. The molecular formula is C9H6ClF3O2. The molecule has 1 aromatic carbocycles. The molecule has 82 valence electrons. The Balaban J connectivity index is 3.11. The number of alkyl halides is 3. The van der Waals surface area contributed by atoms with Gasteiger partial charge in [-0.15, -0.1) is 0 Å². The van der Waals surface area contributed by atoms with Crippen molar-refractivity contribution in [3.05, 3.63) is 28.8 Å². The van der Waals surface area contributed by atoms with E-state index in [2.05, 4.69) is 4.74 Å². The number of esters is 1. The first-order valence-corrected chi connectivity index (χ1v) is 4.23. The fourth-order valence-corrected chi connectivity index (χ4v) is 1.18. The molecule has 0 spiro atoms. The highest BCUT2D eigenvalue weighted by atomic mass is 35.5. The van der Waals surface area contributed by atoms with E-state index in [1.54, 1.807) is 0 Å². The lowest BCUT2D eigenvalue weighted by atomic mass is 10.2. The van der Waals surface area contributed by atoms with Crippen molar-refractivity contribution in [1.29, 1.82) is 0 Å². The lowest BCUT2D eigenvalue weighted by molar-refractivity contribution is -0.138. The molecule has 0 fully saturated rings. The Morgan fingerprint density at radius 3 is 2.47 bits per heavy atom. The van der Waals surface area contributed by atoms with Crippen LogP contribution in [-0.4, -0.2) is 5.97 Å². The summed E-state index contributed by atoms with van der Waals surface area (Å²) in [4.78, 5) is 10.5. The fraction of sp³-hybridized carbons (Fsp3) is 0.222. The lowest BCUT2D eigenvalue weighted by Gasteiger charge is -2.10. The van der Waals surface area contributed by atoms with Crippen LogP contribution in [0.5, 0.6) is 5.75 Å². The second-order valence-corrected chi connectivity index (χ2v) is 3.14. The van der Waals surface area contributed by atoms with Crippen molar-refractivity contribution >= 4 is 17.6 Å². The smallest absolute Gasteiger partial charge is 0.417 e. The fourth-order valence-electron chi connectivity index (χ4n) is 0.951. The lowest BCUT2D eigenvalue weighted by Crippen LogP contribution is -2.07. The summed E-state index contributed by atoms with van der Waals surface area (Å²) in [6.07, 6.45) is -4.56. The highest BCUT2D eigenvalue weighted by Crippen LogP contribution is 2.36. The molecule has 0 aromatic heterocycles. The van der Waals surface area contributed by atoms with Crippen molar-refractivity contribution < 1.29 is 22.7 Å². The highest BCUT2D eigenvalue weighted by molar-refractivity contribution is 6.31. The van der Waals surface area contributed by atoms with Crippen molar-refractivity contribution in [2.45, 2.75) is 13.1 Å². The molecule has 1 aromatic rings. The van der Waals surface area contributed by atoms with Gasteiger partial charge in [-0.05, 0) is 18.2 Å². The molecule has 0 radical (unpaired) electrons. The molecule has 0 saturated carbocycles. The Morgan fingerprint density at radius 2 is 2.00 bits per heavy atom. The number of rotatable bonds is 1. The van der Waals surface area contributed by atoms with Crippen LogP contribution in [0, 0.1) is 0 Å². The van der Waals surface area contributed by atoms with Crippen molar-refractivity contribution in [2.75, 3.05) is 0 Å². The minimum Gasteiger partial charge on any atom is -0.427 e. The van der Waals surface area contributed by atoms with E-state index in [0.717, 1.165) is 13.0 Å². The zero-order valence-corrected chi connectivity index (χ0v) is 8.32. The minimum atomic E-state index is -4.56. The molecule has 1 rings (SSSR count). The zero-order chi connectivity index (χ0) is 11.6. The monoisotopic (exact) mass is 238 g/mol. The summed E-state index contributed by atoms with van der Waals surface area (Å²) < 4.78 is 41.5. The quantitative estimate of drug-likeness (QED) is 0.554. The van der Waals surface area contributed by atoms with E-state index in [1.165, 1.54) is 6.07 Å². The summed E-state index contributed by atoms with van der Waals surface area (Å²) in [5, 5.41) is -0.432. The van der Waals surface area contributed by atoms with Gasteiger partial charge >= 0.3 is 12.1 Å². The van der Waals surface area contributed by atoms with Gasteiger partial charge in [0.15, 0.2) is 0 Å². The van der Waals surface area contributed by atoms with Crippen LogP contribution in [0.4, 0.5) is 13.2 Å². The van der Waals surface area contributed by atoms with Gasteiger partial charge in [-0.25, -0.2) is 0 Å². The number of benzene rings is 1. The summed E-state index contributed by atoms with van der Waals surface area (Å²) >= 11 is 5.36. The molecule has 0 saturated heterocycles. The van der Waals surface area contributed by atoms with Gasteiger partial charge in [0.25, 0.3) is 0 Å². The van der Waals surface area contributed by atoms with Crippen LogP contribution in [0.25, 0.3) is 0 Å². The SMILES string of the molecule is CC(=O)Oc1ccc(Cl)c(C(F)(F)F)c1. The van der Waals surface area contributed by atoms with Gasteiger partial charge in [0.05, 0.1) is 10.6 Å². The first-order chi connectivity index (χ1) is 6.80. The van der Waals surface area contributed by atoms with E-state index in [4.69, 9.17) is 11.6 Å². The predicted octanol–water partition coefficient (Wildman–Crippen LogP) is 3.28. The first-order valence-electron chi connectivity index (χ1n) is 3.86. The van der Waals surface area contributed by atoms with Crippen molar-refractivity contribution in [1.82, 2.24) is 0 Å². The number of hydrogen-bond donors (Lipinski definition) is 0. The van der Waals surface area contributed by atoms with Crippen LogP contribution in [0.15, 0.2) is 18.2 Å². The highest BCUT2D eigenvalue weighted by Gasteiger charge is 2.33. The van der Waals surface area contributed by atoms with E-state index in [-0.39, 0.29) is 5.75 Å². The van der Waals surface area contributed by atoms with Crippen LogP contribution in [0.2, 0.25) is 5.02 Å². The number of hydrogen-bond acceptors (Lipinski definition) is 2. The van der Waals surface area contributed by atoms with Crippen LogP contribution < -0.4 is 4.74 Å². The molecule has 0 amide bonds. The summed E-state index contributed by atoms with van der Waals surface area (Å²) in [5.74, 6) is -0.871. The number of ether oxygens (including phenoxy) is 1. The minimum absolute atomic E-state index is 0.181. The maximum absolute atomic E-state index is 12.3. The molecule has 2 nitrogen and oxygen atoms in total.